The smallest absolute Gasteiger partial charge is 0.303 e. The minimum Gasteiger partial charge on any atom is -0.477 e. The summed E-state index contributed by atoms with van der Waals surface area (Å²) in [5, 5.41) is 11.6. The first-order chi connectivity index (χ1) is 10.4. The summed E-state index contributed by atoms with van der Waals surface area (Å²) in [6.07, 6.45) is 0. The van der Waals surface area contributed by atoms with Gasteiger partial charge in [0.25, 0.3) is 0 Å². The van der Waals surface area contributed by atoms with Crippen LogP contribution in [-0.4, -0.2) is 16.5 Å². The molecule has 7 heteroatoms. The van der Waals surface area contributed by atoms with Gasteiger partial charge in [-0.3, -0.25) is 10.1 Å². The van der Waals surface area contributed by atoms with Gasteiger partial charge < -0.3 is 4.74 Å². The first-order valence-corrected chi connectivity index (χ1v) is 8.26. The molecule has 0 bridgehead atoms. The Morgan fingerprint density at radius 3 is 2.77 bits per heavy atom. The number of nitrogens with zero attached hydrogens (tertiary/aromatic N) is 2. The lowest BCUT2D eigenvalue weighted by Crippen LogP contribution is -2.00. The molecule has 0 amide bonds. The van der Waals surface area contributed by atoms with Gasteiger partial charge in [0.1, 0.15) is 0 Å². The molecule has 5 nitrogen and oxygen atoms in total. The van der Waals surface area contributed by atoms with Crippen LogP contribution in [0.3, 0.4) is 0 Å². The van der Waals surface area contributed by atoms with Crippen molar-refractivity contribution in [3.05, 3.63) is 50.0 Å². The van der Waals surface area contributed by atoms with Crippen molar-refractivity contribution in [1.82, 2.24) is 4.98 Å². The highest BCUT2D eigenvalue weighted by Crippen LogP contribution is 2.39. The maximum absolute atomic E-state index is 11.3. The number of aryl methyl sites for hydroxylation is 1. The van der Waals surface area contributed by atoms with Gasteiger partial charge in [-0.25, -0.2) is 0 Å². The summed E-state index contributed by atoms with van der Waals surface area (Å²) in [6, 6.07) is 7.31. The quantitative estimate of drug-likeness (QED) is 0.542. The lowest BCUT2D eigenvalue weighted by Gasteiger charge is -2.10. The van der Waals surface area contributed by atoms with E-state index in [0.717, 1.165) is 16.0 Å². The van der Waals surface area contributed by atoms with Crippen LogP contribution in [0.25, 0.3) is 0 Å². The van der Waals surface area contributed by atoms with Crippen LogP contribution in [0.4, 0.5) is 5.69 Å². The van der Waals surface area contributed by atoms with Crippen molar-refractivity contribution in [2.45, 2.75) is 30.7 Å². The largest absolute Gasteiger partial charge is 0.477 e. The van der Waals surface area contributed by atoms with E-state index in [-0.39, 0.29) is 5.69 Å². The molecule has 0 atom stereocenters. The summed E-state index contributed by atoms with van der Waals surface area (Å²) >= 11 is 4.54. The summed E-state index contributed by atoms with van der Waals surface area (Å²) < 4.78 is 5.89. The van der Waals surface area contributed by atoms with Crippen LogP contribution in [0, 0.1) is 24.0 Å². The van der Waals surface area contributed by atoms with Crippen LogP contribution in [0.5, 0.6) is 5.88 Å². The van der Waals surface area contributed by atoms with Crippen molar-refractivity contribution in [1.29, 1.82) is 0 Å². The van der Waals surface area contributed by atoms with Gasteiger partial charge in [0.05, 0.1) is 16.0 Å². The molecule has 116 valence electrons. The molecule has 0 aliphatic heterocycles. The Balaban J connectivity index is 2.50. The summed E-state index contributed by atoms with van der Waals surface area (Å²) in [5.74, 6) is 0.362. The van der Waals surface area contributed by atoms with Crippen LogP contribution < -0.4 is 4.74 Å². The third-order valence-corrected chi connectivity index (χ3v) is 4.85. The van der Waals surface area contributed by atoms with Gasteiger partial charge in [-0.15, -0.1) is 0 Å². The fourth-order valence-corrected chi connectivity index (χ4v) is 3.28. The van der Waals surface area contributed by atoms with Crippen molar-refractivity contribution >= 4 is 33.4 Å². The predicted molar refractivity (Wildman–Crippen MR) is 89.8 cm³/mol. The molecule has 0 aliphatic carbocycles. The summed E-state index contributed by atoms with van der Waals surface area (Å²) in [7, 11) is 0. The Kier molecular flexibility index (Phi) is 5.42. The number of ether oxygens (including phenoxy) is 1. The highest BCUT2D eigenvalue weighted by atomic mass is 79.9. The van der Waals surface area contributed by atoms with Crippen LogP contribution in [-0.2, 0) is 0 Å². The maximum atomic E-state index is 11.3. The maximum Gasteiger partial charge on any atom is 0.303 e. The molecule has 1 heterocycles. The summed E-state index contributed by atoms with van der Waals surface area (Å²) in [5.41, 5.74) is 2.18. The highest BCUT2D eigenvalue weighted by Gasteiger charge is 2.21. The van der Waals surface area contributed by atoms with E-state index in [9.17, 15) is 10.1 Å². The second kappa shape index (κ2) is 7.11. The Hall–Kier alpha value is -1.60. The van der Waals surface area contributed by atoms with Crippen molar-refractivity contribution in [2.24, 2.45) is 0 Å². The van der Waals surface area contributed by atoms with Gasteiger partial charge in [0, 0.05) is 11.0 Å². The molecule has 0 aliphatic rings. The van der Waals surface area contributed by atoms with E-state index < -0.39 is 4.92 Å². The average molecular weight is 383 g/mol. The zero-order valence-corrected chi connectivity index (χ0v) is 14.8. The zero-order chi connectivity index (χ0) is 16.3. The first-order valence-electron chi connectivity index (χ1n) is 6.65. The van der Waals surface area contributed by atoms with Gasteiger partial charge in [0.15, 0.2) is 5.03 Å². The fraction of sp³-hybridized carbons (Fsp3) is 0.267. The molecule has 0 fully saturated rings. The van der Waals surface area contributed by atoms with Gasteiger partial charge in [-0.1, -0.05) is 23.9 Å². The molecule has 0 saturated carbocycles. The number of hydrogen-bond acceptors (Lipinski definition) is 5. The normalized spacial score (nSPS) is 10.5. The minimum atomic E-state index is -0.430. The van der Waals surface area contributed by atoms with Crippen molar-refractivity contribution < 1.29 is 9.66 Å². The molecule has 2 rings (SSSR count). The monoisotopic (exact) mass is 382 g/mol. The Morgan fingerprint density at radius 1 is 1.41 bits per heavy atom. The molecular weight excluding hydrogens is 368 g/mol. The molecule has 0 saturated heterocycles. The van der Waals surface area contributed by atoms with Gasteiger partial charge in [-0.05, 0) is 53.9 Å². The second-order valence-electron chi connectivity index (χ2n) is 4.59. The SMILES string of the molecule is CCOc1nc(Sc2cccc(C)c2C)c([N+](=O)[O-])cc1Br. The van der Waals surface area contributed by atoms with E-state index in [1.54, 1.807) is 0 Å². The molecule has 0 radical (unpaired) electrons. The molecule has 22 heavy (non-hydrogen) atoms. The third kappa shape index (κ3) is 3.59. The van der Waals surface area contributed by atoms with Crippen molar-refractivity contribution in [3.63, 3.8) is 0 Å². The van der Waals surface area contributed by atoms with Crippen LogP contribution >= 0.6 is 27.7 Å². The number of rotatable bonds is 5. The fourth-order valence-electron chi connectivity index (χ4n) is 1.83. The number of hydrogen-bond donors (Lipinski definition) is 0. The number of benzene rings is 1. The molecule has 2 aromatic rings. The Labute approximate surface area is 141 Å². The standard InChI is InChI=1S/C15H15BrN2O3S/c1-4-21-14-11(16)8-12(18(19)20)15(17-14)22-13-7-5-6-9(2)10(13)3/h5-8H,4H2,1-3H3. The topological polar surface area (TPSA) is 65.3 Å². The molecule has 1 aromatic carbocycles. The number of pyridine rings is 1. The third-order valence-electron chi connectivity index (χ3n) is 3.13. The number of halogens is 1. The van der Waals surface area contributed by atoms with E-state index in [2.05, 4.69) is 20.9 Å². The molecular formula is C15H15BrN2O3S. The lowest BCUT2D eigenvalue weighted by molar-refractivity contribution is -0.388. The van der Waals surface area contributed by atoms with Crippen molar-refractivity contribution in [2.75, 3.05) is 6.61 Å². The van der Waals surface area contributed by atoms with Gasteiger partial charge in [-0.2, -0.15) is 4.98 Å². The minimum absolute atomic E-state index is 0.0405. The second-order valence-corrected chi connectivity index (χ2v) is 6.47. The van der Waals surface area contributed by atoms with Crippen LogP contribution in [0.2, 0.25) is 0 Å². The van der Waals surface area contributed by atoms with Crippen LogP contribution in [0.1, 0.15) is 18.1 Å². The van der Waals surface area contributed by atoms with E-state index in [1.807, 2.05) is 39.0 Å². The lowest BCUT2D eigenvalue weighted by atomic mass is 10.1. The molecule has 0 spiro atoms. The van der Waals surface area contributed by atoms with E-state index >= 15 is 0 Å². The summed E-state index contributed by atoms with van der Waals surface area (Å²) in [4.78, 5) is 16.1. The first kappa shape index (κ1) is 16.8. The summed E-state index contributed by atoms with van der Waals surface area (Å²) in [6.45, 7) is 6.28. The average Bonchev–Trinajstić information content (AvgIpc) is 2.47. The Morgan fingerprint density at radius 2 is 2.14 bits per heavy atom. The van der Waals surface area contributed by atoms with Gasteiger partial charge >= 0.3 is 5.69 Å². The Bertz CT molecular complexity index is 722. The molecule has 0 N–H and O–H groups in total. The van der Waals surface area contributed by atoms with Crippen LogP contribution in [0.15, 0.2) is 38.7 Å². The predicted octanol–water partition coefficient (Wildman–Crippen LogP) is 4.92. The van der Waals surface area contributed by atoms with Crippen molar-refractivity contribution in [3.8, 4) is 5.88 Å². The molecule has 1 aromatic heterocycles. The number of nitro groups is 1. The highest BCUT2D eigenvalue weighted by molar-refractivity contribution is 9.10. The molecule has 0 unspecified atom stereocenters. The van der Waals surface area contributed by atoms with E-state index in [0.29, 0.717) is 22.0 Å². The van der Waals surface area contributed by atoms with Gasteiger partial charge in [0.2, 0.25) is 5.88 Å². The zero-order valence-electron chi connectivity index (χ0n) is 12.4. The van der Waals surface area contributed by atoms with E-state index in [4.69, 9.17) is 4.74 Å². The number of aromatic nitrogens is 1. The van der Waals surface area contributed by atoms with E-state index in [1.165, 1.54) is 17.8 Å².